The van der Waals surface area contributed by atoms with Crippen LogP contribution < -0.4 is 15.0 Å². The first-order chi connectivity index (χ1) is 16.3. The van der Waals surface area contributed by atoms with E-state index in [4.69, 9.17) is 21.1 Å². The summed E-state index contributed by atoms with van der Waals surface area (Å²) in [7, 11) is 0. The van der Waals surface area contributed by atoms with Crippen LogP contribution in [-0.2, 0) is 4.74 Å². The lowest BCUT2D eigenvalue weighted by Crippen LogP contribution is -2.44. The number of rotatable bonds is 6. The van der Waals surface area contributed by atoms with Crippen molar-refractivity contribution in [1.29, 1.82) is 0 Å². The monoisotopic (exact) mass is 487 g/mol. The van der Waals surface area contributed by atoms with Crippen LogP contribution >= 0.6 is 11.6 Å². The molecular weight excluding hydrogens is 454 g/mol. The first-order valence-electron chi connectivity index (χ1n) is 12.0. The number of aliphatic hydroxyl groups is 1. The van der Waals surface area contributed by atoms with E-state index in [-0.39, 0.29) is 42.7 Å². The van der Waals surface area contributed by atoms with Crippen LogP contribution in [0.5, 0.6) is 5.75 Å². The van der Waals surface area contributed by atoms with Crippen LogP contribution in [0.1, 0.15) is 56.8 Å². The number of halogens is 1. The van der Waals surface area contributed by atoms with E-state index in [2.05, 4.69) is 31.1 Å². The average Bonchev–Trinajstić information content (AvgIpc) is 2.82. The maximum absolute atomic E-state index is 13.3. The number of hydrogen-bond donors (Lipinski definition) is 2. The molecule has 1 saturated carbocycles. The molecule has 0 radical (unpaired) electrons. The van der Waals surface area contributed by atoms with Crippen LogP contribution in [0, 0.1) is 5.41 Å². The van der Waals surface area contributed by atoms with E-state index in [1.54, 1.807) is 24.4 Å². The maximum Gasteiger partial charge on any atom is 0.255 e. The summed E-state index contributed by atoms with van der Waals surface area (Å²) in [6, 6.07) is 8.70. The van der Waals surface area contributed by atoms with E-state index in [0.29, 0.717) is 27.8 Å². The average molecular weight is 488 g/mol. The summed E-state index contributed by atoms with van der Waals surface area (Å²) in [5.74, 6) is 0.845. The number of pyridine rings is 1. The summed E-state index contributed by atoms with van der Waals surface area (Å²) in [6.45, 7) is 7.35. The highest BCUT2D eigenvalue weighted by Gasteiger charge is 2.34. The molecule has 7 nitrogen and oxygen atoms in total. The third-order valence-electron chi connectivity index (χ3n) is 6.22. The zero-order valence-electron chi connectivity index (χ0n) is 20.1. The van der Waals surface area contributed by atoms with Crippen molar-refractivity contribution in [1.82, 2.24) is 10.3 Å². The Morgan fingerprint density at radius 3 is 2.68 bits per heavy atom. The molecule has 2 aliphatic rings. The zero-order chi connectivity index (χ0) is 24.3. The highest BCUT2D eigenvalue weighted by Crippen LogP contribution is 2.42. The Balaban J connectivity index is 1.48. The van der Waals surface area contributed by atoms with Crippen molar-refractivity contribution in [3.8, 4) is 5.75 Å². The molecule has 1 aromatic carbocycles. The summed E-state index contributed by atoms with van der Waals surface area (Å²) in [4.78, 5) is 19.5. The lowest BCUT2D eigenvalue weighted by molar-refractivity contribution is -0.0134. The fourth-order valence-corrected chi connectivity index (χ4v) is 4.69. The van der Waals surface area contributed by atoms with Gasteiger partial charge in [0.15, 0.2) is 11.6 Å². The van der Waals surface area contributed by atoms with Gasteiger partial charge in [0, 0.05) is 12.2 Å². The topological polar surface area (TPSA) is 83.9 Å². The van der Waals surface area contributed by atoms with E-state index in [0.717, 1.165) is 32.3 Å². The Bertz CT molecular complexity index is 1000. The minimum Gasteiger partial charge on any atom is -0.488 e. The van der Waals surface area contributed by atoms with Gasteiger partial charge in [-0.1, -0.05) is 38.4 Å². The number of hydrogen-bond acceptors (Lipinski definition) is 6. The highest BCUT2D eigenvalue weighted by molar-refractivity contribution is 6.33. The molecule has 0 saturated heterocycles. The molecule has 1 aliphatic carbocycles. The Hall–Kier alpha value is -2.35. The summed E-state index contributed by atoms with van der Waals surface area (Å²) in [5, 5.41) is 13.6. The van der Waals surface area contributed by atoms with Gasteiger partial charge in [0.2, 0.25) is 0 Å². The Kier molecular flexibility index (Phi) is 7.65. The first kappa shape index (κ1) is 24.8. The second kappa shape index (κ2) is 10.5. The van der Waals surface area contributed by atoms with Crippen molar-refractivity contribution in [2.75, 3.05) is 24.7 Å². The SMILES string of the molecule is CC(C)(C)COC1CCC(NC(=O)c2cccc3c2OCC(CO)N3c2ncccc2Cl)CC1. The van der Waals surface area contributed by atoms with E-state index in [1.807, 2.05) is 17.0 Å². The summed E-state index contributed by atoms with van der Waals surface area (Å²) < 4.78 is 12.1. The molecule has 8 heteroatoms. The van der Waals surface area contributed by atoms with Crippen molar-refractivity contribution < 1.29 is 19.4 Å². The molecule has 0 spiro atoms. The molecule has 0 bridgehead atoms. The van der Waals surface area contributed by atoms with Crippen LogP contribution in [0.15, 0.2) is 36.5 Å². The quantitative estimate of drug-likeness (QED) is 0.612. The first-order valence-corrected chi connectivity index (χ1v) is 12.3. The minimum absolute atomic E-state index is 0.105. The third-order valence-corrected chi connectivity index (χ3v) is 6.52. The van der Waals surface area contributed by atoms with Crippen molar-refractivity contribution in [3.63, 3.8) is 0 Å². The number of carbonyl (C=O) groups excluding carboxylic acids is 1. The number of amides is 1. The molecule has 4 rings (SSSR count). The molecule has 1 fully saturated rings. The largest absolute Gasteiger partial charge is 0.488 e. The summed E-state index contributed by atoms with van der Waals surface area (Å²) >= 11 is 6.42. The molecule has 1 atom stereocenters. The fourth-order valence-electron chi connectivity index (χ4n) is 4.48. The van der Waals surface area contributed by atoms with Gasteiger partial charge in [-0.05, 0) is 55.4 Å². The molecule has 2 aromatic rings. The van der Waals surface area contributed by atoms with Gasteiger partial charge in [0.05, 0.1) is 41.6 Å². The lowest BCUT2D eigenvalue weighted by Gasteiger charge is -2.38. The van der Waals surface area contributed by atoms with Crippen molar-refractivity contribution in [2.24, 2.45) is 5.41 Å². The number of benzene rings is 1. The number of carbonyl (C=O) groups is 1. The Labute approximate surface area is 206 Å². The van der Waals surface area contributed by atoms with Gasteiger partial charge in [0.25, 0.3) is 5.91 Å². The number of fused-ring (bicyclic) bond motifs is 1. The number of nitrogens with zero attached hydrogens (tertiary/aromatic N) is 2. The van der Waals surface area contributed by atoms with E-state index in [9.17, 15) is 9.90 Å². The molecule has 2 N–H and O–H groups in total. The molecule has 1 amide bonds. The second-order valence-electron chi connectivity index (χ2n) is 10.3. The molecule has 1 unspecified atom stereocenters. The van der Waals surface area contributed by atoms with Crippen LogP contribution in [0.25, 0.3) is 0 Å². The molecule has 1 aromatic heterocycles. The van der Waals surface area contributed by atoms with E-state index < -0.39 is 0 Å². The Morgan fingerprint density at radius 2 is 2.00 bits per heavy atom. The predicted molar refractivity (Wildman–Crippen MR) is 133 cm³/mol. The third kappa shape index (κ3) is 5.65. The van der Waals surface area contributed by atoms with Gasteiger partial charge in [-0.25, -0.2) is 4.98 Å². The number of anilines is 2. The number of nitrogens with one attached hydrogen (secondary N) is 1. The van der Waals surface area contributed by atoms with E-state index >= 15 is 0 Å². The van der Waals surface area contributed by atoms with Crippen molar-refractivity contribution >= 4 is 29.0 Å². The number of aromatic nitrogens is 1. The predicted octanol–water partition coefficient (Wildman–Crippen LogP) is 4.73. The lowest BCUT2D eigenvalue weighted by atomic mass is 9.92. The smallest absolute Gasteiger partial charge is 0.255 e. The fraction of sp³-hybridized carbons (Fsp3) is 0.538. The van der Waals surface area contributed by atoms with Gasteiger partial charge in [-0.2, -0.15) is 0 Å². The van der Waals surface area contributed by atoms with Crippen molar-refractivity contribution in [3.05, 3.63) is 47.1 Å². The van der Waals surface area contributed by atoms with Gasteiger partial charge in [-0.3, -0.25) is 4.79 Å². The zero-order valence-corrected chi connectivity index (χ0v) is 20.8. The van der Waals surface area contributed by atoms with Gasteiger partial charge in [0.1, 0.15) is 6.61 Å². The molecule has 2 heterocycles. The van der Waals surface area contributed by atoms with Crippen LogP contribution in [-0.4, -0.2) is 54.0 Å². The molecule has 184 valence electrons. The molecular formula is C26H34ClN3O4. The van der Waals surface area contributed by atoms with Gasteiger partial charge < -0.3 is 24.8 Å². The number of aliphatic hydroxyl groups excluding tert-OH is 1. The van der Waals surface area contributed by atoms with Crippen LogP contribution in [0.4, 0.5) is 11.5 Å². The normalized spacial score (nSPS) is 22.6. The minimum atomic E-state index is -0.360. The standard InChI is InChI=1S/C26H34ClN3O4/c1-26(2,3)16-34-19-11-9-17(10-12-19)29-25(32)20-6-4-8-22-23(20)33-15-18(14-31)30(22)24-21(27)7-5-13-28-24/h4-8,13,17-19,31H,9-12,14-16H2,1-3H3,(H,29,32). The summed E-state index contributed by atoms with van der Waals surface area (Å²) in [5.41, 5.74) is 1.29. The number of para-hydroxylation sites is 1. The van der Waals surface area contributed by atoms with Gasteiger partial charge in [-0.15, -0.1) is 0 Å². The number of ether oxygens (including phenoxy) is 2. The van der Waals surface area contributed by atoms with E-state index in [1.165, 1.54) is 0 Å². The molecule has 1 aliphatic heterocycles. The maximum atomic E-state index is 13.3. The second-order valence-corrected chi connectivity index (χ2v) is 10.7. The summed E-state index contributed by atoms with van der Waals surface area (Å²) in [6.07, 6.45) is 5.57. The van der Waals surface area contributed by atoms with Crippen LogP contribution in [0.3, 0.4) is 0 Å². The van der Waals surface area contributed by atoms with Gasteiger partial charge >= 0.3 is 0 Å². The molecule has 34 heavy (non-hydrogen) atoms. The van der Waals surface area contributed by atoms with Crippen molar-refractivity contribution in [2.45, 2.75) is 64.6 Å². The Morgan fingerprint density at radius 1 is 1.24 bits per heavy atom. The highest BCUT2D eigenvalue weighted by atomic mass is 35.5. The van der Waals surface area contributed by atoms with Crippen LogP contribution in [0.2, 0.25) is 5.02 Å².